The van der Waals surface area contributed by atoms with Gasteiger partial charge in [0.25, 0.3) is 5.91 Å². The predicted molar refractivity (Wildman–Crippen MR) is 137 cm³/mol. The first-order valence-electron chi connectivity index (χ1n) is 10.2. The van der Waals surface area contributed by atoms with Crippen molar-refractivity contribution in [3.05, 3.63) is 83.4 Å². The maximum absolute atomic E-state index is 13.1. The van der Waals surface area contributed by atoms with Crippen molar-refractivity contribution in [3.63, 3.8) is 0 Å². The van der Waals surface area contributed by atoms with Gasteiger partial charge >= 0.3 is 24.8 Å². The van der Waals surface area contributed by atoms with Crippen molar-refractivity contribution in [2.75, 3.05) is 12.0 Å². The molecule has 166 valence electrons. The van der Waals surface area contributed by atoms with Crippen LogP contribution in [0.4, 0.5) is 0 Å². The van der Waals surface area contributed by atoms with E-state index in [0.29, 0.717) is 17.7 Å². The molecule has 8 heteroatoms. The number of carboxylic acid groups (broad SMARTS) is 1. The summed E-state index contributed by atoms with van der Waals surface area (Å²) in [7, 11) is 0. The molecule has 0 aliphatic carbocycles. The van der Waals surface area contributed by atoms with Crippen molar-refractivity contribution < 1.29 is 14.7 Å². The van der Waals surface area contributed by atoms with Gasteiger partial charge < -0.3 is 10.4 Å². The van der Waals surface area contributed by atoms with E-state index in [1.54, 1.807) is 30.2 Å². The Hall–Kier alpha value is -2.85. The van der Waals surface area contributed by atoms with Crippen molar-refractivity contribution in [1.29, 1.82) is 0 Å². The molecular formula is C25H26LiN3O3S. The molecule has 1 unspecified atom stereocenters. The van der Waals surface area contributed by atoms with Gasteiger partial charge in [0, 0.05) is 23.5 Å². The average Bonchev–Trinajstić information content (AvgIpc) is 2.81. The van der Waals surface area contributed by atoms with Gasteiger partial charge in [-0.3, -0.25) is 4.79 Å². The summed E-state index contributed by atoms with van der Waals surface area (Å²) in [6, 6.07) is 12.4. The number of nitrogens with one attached hydrogen (secondary N) is 1. The number of carbonyl (C=O) groups excluding carboxylic acids is 1. The van der Waals surface area contributed by atoms with Gasteiger partial charge in [-0.15, -0.1) is 0 Å². The first-order valence-corrected chi connectivity index (χ1v) is 11.5. The van der Waals surface area contributed by atoms with Crippen molar-refractivity contribution in [1.82, 2.24) is 15.3 Å². The number of nitrogens with zero attached hydrogens (tertiary/aromatic N) is 2. The van der Waals surface area contributed by atoms with Gasteiger partial charge in [0.1, 0.15) is 12.4 Å². The Morgan fingerprint density at radius 3 is 2.42 bits per heavy atom. The number of thioether (sulfide) groups is 1. The van der Waals surface area contributed by atoms with Crippen LogP contribution in [0.15, 0.2) is 61.2 Å². The number of hydrogen-bond donors (Lipinski definition) is 2. The van der Waals surface area contributed by atoms with E-state index in [2.05, 4.69) is 15.3 Å². The molecule has 3 rings (SSSR count). The Morgan fingerprint density at radius 2 is 1.76 bits per heavy atom. The third-order valence-electron chi connectivity index (χ3n) is 4.99. The second-order valence-corrected chi connectivity index (χ2v) is 8.26. The van der Waals surface area contributed by atoms with Crippen molar-refractivity contribution in [2.45, 2.75) is 19.4 Å². The molecule has 2 aromatic carbocycles. The topological polar surface area (TPSA) is 92.2 Å². The molecule has 0 saturated carbocycles. The maximum atomic E-state index is 13.1. The molecule has 2 N–H and O–H groups in total. The van der Waals surface area contributed by atoms with Crippen molar-refractivity contribution >= 4 is 54.7 Å². The monoisotopic (exact) mass is 455 g/mol. The Balaban J connectivity index is 0.00000385. The molecule has 3 aromatic rings. The van der Waals surface area contributed by atoms with Crippen molar-refractivity contribution in [2.24, 2.45) is 0 Å². The molecule has 0 bridgehead atoms. The molecule has 0 aliphatic heterocycles. The minimum absolute atomic E-state index is 0. The summed E-state index contributed by atoms with van der Waals surface area (Å²) in [5.74, 6) is -0.785. The van der Waals surface area contributed by atoms with Crippen LogP contribution >= 0.6 is 11.8 Å². The van der Waals surface area contributed by atoms with Gasteiger partial charge in [0.2, 0.25) is 0 Å². The number of benzene rings is 2. The van der Waals surface area contributed by atoms with Crippen molar-refractivity contribution in [3.8, 4) is 11.1 Å². The van der Waals surface area contributed by atoms with E-state index < -0.39 is 17.9 Å². The van der Waals surface area contributed by atoms with Crippen LogP contribution in [-0.4, -0.2) is 63.9 Å². The first kappa shape index (κ1) is 26.4. The molecule has 1 aromatic heterocycles. The fourth-order valence-corrected chi connectivity index (χ4v) is 3.75. The Labute approximate surface area is 210 Å². The van der Waals surface area contributed by atoms with Crippen LogP contribution < -0.4 is 5.32 Å². The molecule has 0 saturated heterocycles. The van der Waals surface area contributed by atoms with Gasteiger partial charge in [-0.2, -0.15) is 11.8 Å². The number of carboxylic acids is 1. The van der Waals surface area contributed by atoms with E-state index in [0.717, 1.165) is 27.8 Å². The van der Waals surface area contributed by atoms with Crippen LogP contribution in [0.5, 0.6) is 0 Å². The Morgan fingerprint density at radius 1 is 1.06 bits per heavy atom. The fourth-order valence-electron chi connectivity index (χ4n) is 3.28. The molecule has 0 fully saturated rings. The van der Waals surface area contributed by atoms with Crippen LogP contribution in [0.1, 0.15) is 33.5 Å². The van der Waals surface area contributed by atoms with Crippen LogP contribution in [0, 0.1) is 6.92 Å². The predicted octanol–water partition coefficient (Wildman–Crippen LogP) is 3.91. The molecule has 0 spiro atoms. The molecule has 33 heavy (non-hydrogen) atoms. The zero-order valence-corrected chi connectivity index (χ0v) is 18.8. The summed E-state index contributed by atoms with van der Waals surface area (Å²) in [6.45, 7) is 1.99. The van der Waals surface area contributed by atoms with E-state index in [9.17, 15) is 14.7 Å². The molecule has 0 radical (unpaired) electrons. The number of amides is 1. The Bertz CT molecular complexity index is 1120. The molecular weight excluding hydrogens is 429 g/mol. The Kier molecular flexibility index (Phi) is 10.4. The number of aryl methyl sites for hydroxylation is 1. The van der Waals surface area contributed by atoms with Gasteiger partial charge in [-0.05, 0) is 59.7 Å². The fraction of sp³-hybridized carbons (Fsp3) is 0.200. The molecule has 1 heterocycles. The van der Waals surface area contributed by atoms with Gasteiger partial charge in [-0.1, -0.05) is 42.5 Å². The quantitative estimate of drug-likeness (QED) is 0.476. The number of carbonyl (C=O) groups is 2. The summed E-state index contributed by atoms with van der Waals surface area (Å²) in [5.41, 5.74) is 4.91. The van der Waals surface area contributed by atoms with Gasteiger partial charge in [-0.25, -0.2) is 14.8 Å². The van der Waals surface area contributed by atoms with E-state index in [1.165, 1.54) is 6.33 Å². The van der Waals surface area contributed by atoms with Gasteiger partial charge in [0.05, 0.1) is 0 Å². The summed E-state index contributed by atoms with van der Waals surface area (Å²) in [4.78, 5) is 32.7. The second kappa shape index (κ2) is 13.0. The zero-order chi connectivity index (χ0) is 22.9. The van der Waals surface area contributed by atoms with E-state index in [1.807, 2.05) is 61.7 Å². The zero-order valence-electron chi connectivity index (χ0n) is 18.0. The SMILES string of the molecule is CSCCC(NC(=O)c1ccc(C=Cc2cncnc2)cc1-c1ccccc1C)C(=O)O.[LiH]. The average molecular weight is 456 g/mol. The van der Waals surface area contributed by atoms with Crippen LogP contribution in [0.25, 0.3) is 23.3 Å². The minimum atomic E-state index is -1.03. The van der Waals surface area contributed by atoms with E-state index in [4.69, 9.17) is 0 Å². The second-order valence-electron chi connectivity index (χ2n) is 7.27. The molecule has 6 nitrogen and oxygen atoms in total. The third-order valence-corrected chi connectivity index (χ3v) is 5.63. The first-order chi connectivity index (χ1) is 15.5. The van der Waals surface area contributed by atoms with Gasteiger partial charge in [0.15, 0.2) is 0 Å². The van der Waals surface area contributed by atoms with E-state index >= 15 is 0 Å². The number of aromatic nitrogens is 2. The summed E-state index contributed by atoms with van der Waals surface area (Å²) in [6.07, 6.45) is 11.0. The summed E-state index contributed by atoms with van der Waals surface area (Å²) >= 11 is 1.55. The molecule has 0 aliphatic rings. The normalized spacial score (nSPS) is 11.6. The summed E-state index contributed by atoms with van der Waals surface area (Å²) in [5, 5.41) is 12.2. The van der Waals surface area contributed by atoms with E-state index in [-0.39, 0.29) is 18.9 Å². The molecule has 1 atom stereocenters. The number of rotatable bonds is 9. The standard InChI is InChI=1S/C25H25N3O3S.Li.H/c1-17-5-3-4-6-20(17)22-13-18(7-8-19-14-26-16-27-15-19)9-10-21(22)24(29)28-23(25(30)31)11-12-32-2;;/h3-10,13-16,23H,11-12H2,1-2H3,(H,28,29)(H,30,31);;. The summed E-state index contributed by atoms with van der Waals surface area (Å²) < 4.78 is 0. The van der Waals surface area contributed by atoms with Crippen LogP contribution in [0.2, 0.25) is 0 Å². The number of aliphatic carboxylic acids is 1. The van der Waals surface area contributed by atoms with Crippen LogP contribution in [-0.2, 0) is 4.79 Å². The third kappa shape index (κ3) is 7.33. The number of hydrogen-bond acceptors (Lipinski definition) is 5. The molecule has 1 amide bonds. The van der Waals surface area contributed by atoms with Crippen LogP contribution in [0.3, 0.4) is 0 Å².